The van der Waals surface area contributed by atoms with Crippen LogP contribution in [0, 0.1) is 0 Å². The van der Waals surface area contributed by atoms with Gasteiger partial charge in [-0.25, -0.2) is 0 Å². The summed E-state index contributed by atoms with van der Waals surface area (Å²) >= 11 is 5.95. The average molecular weight is 298 g/mol. The van der Waals surface area contributed by atoms with E-state index in [1.54, 1.807) is 25.3 Å². The van der Waals surface area contributed by atoms with Crippen molar-refractivity contribution in [1.82, 2.24) is 10.2 Å². The molecule has 1 fully saturated rings. The molecule has 2 N–H and O–H groups in total. The van der Waals surface area contributed by atoms with Gasteiger partial charge in [-0.15, -0.1) is 0 Å². The summed E-state index contributed by atoms with van der Waals surface area (Å²) in [5.41, 5.74) is 0.609. The molecule has 1 aliphatic heterocycles. The van der Waals surface area contributed by atoms with E-state index in [1.807, 2.05) is 0 Å². The number of amides is 1. The number of carbonyl (C=O) groups excluding carboxylic acids is 1. The van der Waals surface area contributed by atoms with Crippen LogP contribution in [0.1, 0.15) is 6.42 Å². The van der Waals surface area contributed by atoms with E-state index in [4.69, 9.17) is 16.3 Å². The van der Waals surface area contributed by atoms with Gasteiger partial charge in [-0.3, -0.25) is 9.69 Å². The Hall–Kier alpha value is -1.30. The Labute approximate surface area is 124 Å². The quantitative estimate of drug-likeness (QED) is 0.886. The topological polar surface area (TPSA) is 53.6 Å². The highest BCUT2D eigenvalue weighted by Gasteiger charge is 2.14. The minimum atomic E-state index is -0.0486. The first-order valence-corrected chi connectivity index (χ1v) is 7.13. The maximum Gasteiger partial charge on any atom is 0.238 e. The minimum absolute atomic E-state index is 0.0486. The van der Waals surface area contributed by atoms with Gasteiger partial charge in [0.1, 0.15) is 5.75 Å². The first-order valence-electron chi connectivity index (χ1n) is 6.75. The predicted molar refractivity (Wildman–Crippen MR) is 80.6 cm³/mol. The molecule has 110 valence electrons. The van der Waals surface area contributed by atoms with Crippen molar-refractivity contribution < 1.29 is 9.53 Å². The van der Waals surface area contributed by atoms with Gasteiger partial charge in [-0.2, -0.15) is 0 Å². The molecule has 6 heteroatoms. The number of hydrogen-bond donors (Lipinski definition) is 2. The molecule has 0 radical (unpaired) electrons. The van der Waals surface area contributed by atoms with E-state index in [0.29, 0.717) is 23.0 Å². The summed E-state index contributed by atoms with van der Waals surface area (Å²) in [4.78, 5) is 14.2. The van der Waals surface area contributed by atoms with Crippen molar-refractivity contribution in [3.63, 3.8) is 0 Å². The van der Waals surface area contributed by atoms with E-state index >= 15 is 0 Å². The molecule has 0 saturated carbocycles. The molecule has 0 aromatic heterocycles. The fraction of sp³-hybridized carbons (Fsp3) is 0.500. The predicted octanol–water partition coefficient (Wildman–Crippen LogP) is 1.58. The number of methoxy groups -OCH3 is 1. The van der Waals surface area contributed by atoms with Crippen LogP contribution in [-0.2, 0) is 4.79 Å². The monoisotopic (exact) mass is 297 g/mol. The fourth-order valence-corrected chi connectivity index (χ4v) is 2.40. The number of rotatable bonds is 4. The summed E-state index contributed by atoms with van der Waals surface area (Å²) in [6.45, 7) is 4.15. The second kappa shape index (κ2) is 7.47. The van der Waals surface area contributed by atoms with E-state index in [0.717, 1.165) is 32.6 Å². The van der Waals surface area contributed by atoms with E-state index in [2.05, 4.69) is 15.5 Å². The summed E-state index contributed by atoms with van der Waals surface area (Å²) in [6, 6.07) is 5.17. The van der Waals surface area contributed by atoms with Gasteiger partial charge in [0.05, 0.1) is 19.3 Å². The molecule has 2 rings (SSSR count). The van der Waals surface area contributed by atoms with Crippen LogP contribution < -0.4 is 15.4 Å². The molecule has 0 atom stereocenters. The van der Waals surface area contributed by atoms with E-state index in [-0.39, 0.29) is 5.91 Å². The third kappa shape index (κ3) is 4.37. The molecular formula is C14H20ClN3O2. The third-order valence-corrected chi connectivity index (χ3v) is 3.47. The van der Waals surface area contributed by atoms with Crippen LogP contribution in [0.3, 0.4) is 0 Å². The van der Waals surface area contributed by atoms with Crippen LogP contribution in [0.5, 0.6) is 5.75 Å². The van der Waals surface area contributed by atoms with Crippen LogP contribution >= 0.6 is 11.6 Å². The Morgan fingerprint density at radius 3 is 3.10 bits per heavy atom. The zero-order valence-corrected chi connectivity index (χ0v) is 12.4. The van der Waals surface area contributed by atoms with E-state index < -0.39 is 0 Å². The highest BCUT2D eigenvalue weighted by molar-refractivity contribution is 6.31. The number of hydrogen-bond acceptors (Lipinski definition) is 4. The maximum atomic E-state index is 12.1. The average Bonchev–Trinajstić information content (AvgIpc) is 2.67. The van der Waals surface area contributed by atoms with Crippen LogP contribution in [0.2, 0.25) is 5.02 Å². The third-order valence-electron chi connectivity index (χ3n) is 3.24. The van der Waals surface area contributed by atoms with Crippen LogP contribution in [0.15, 0.2) is 18.2 Å². The number of halogens is 1. The van der Waals surface area contributed by atoms with Gasteiger partial charge in [0, 0.05) is 18.1 Å². The van der Waals surface area contributed by atoms with Gasteiger partial charge in [0.2, 0.25) is 5.91 Å². The first kappa shape index (κ1) is 15.1. The van der Waals surface area contributed by atoms with Crippen LogP contribution in [-0.4, -0.2) is 50.6 Å². The van der Waals surface area contributed by atoms with Crippen molar-refractivity contribution in [1.29, 1.82) is 0 Å². The zero-order chi connectivity index (χ0) is 14.4. The molecule has 1 aromatic carbocycles. The summed E-state index contributed by atoms with van der Waals surface area (Å²) in [5.74, 6) is 0.563. The molecular weight excluding hydrogens is 278 g/mol. The molecule has 20 heavy (non-hydrogen) atoms. The molecule has 1 saturated heterocycles. The Balaban J connectivity index is 1.95. The summed E-state index contributed by atoms with van der Waals surface area (Å²) in [5, 5.41) is 6.74. The molecule has 0 bridgehead atoms. The Bertz CT molecular complexity index is 460. The maximum absolute atomic E-state index is 12.1. The largest absolute Gasteiger partial charge is 0.495 e. The second-order valence-corrected chi connectivity index (χ2v) is 5.21. The number of benzene rings is 1. The number of nitrogens with zero attached hydrogens (tertiary/aromatic N) is 1. The highest BCUT2D eigenvalue weighted by Crippen LogP contribution is 2.27. The zero-order valence-electron chi connectivity index (χ0n) is 11.6. The number of nitrogens with one attached hydrogen (secondary N) is 2. The van der Waals surface area contributed by atoms with Gasteiger partial charge in [-0.05, 0) is 37.7 Å². The van der Waals surface area contributed by atoms with Crippen LogP contribution in [0.25, 0.3) is 0 Å². The van der Waals surface area contributed by atoms with Crippen LogP contribution in [0.4, 0.5) is 5.69 Å². The van der Waals surface area contributed by atoms with Gasteiger partial charge >= 0.3 is 0 Å². The Morgan fingerprint density at radius 2 is 2.30 bits per heavy atom. The normalized spacial score (nSPS) is 16.5. The van der Waals surface area contributed by atoms with Crippen molar-refractivity contribution in [3.05, 3.63) is 23.2 Å². The van der Waals surface area contributed by atoms with Crippen molar-refractivity contribution in [2.24, 2.45) is 0 Å². The molecule has 1 heterocycles. The lowest BCUT2D eigenvalue weighted by molar-refractivity contribution is -0.117. The number of ether oxygens (including phenoxy) is 1. The van der Waals surface area contributed by atoms with E-state index in [9.17, 15) is 4.79 Å². The standard InChI is InChI=1S/C14H20ClN3O2/c1-20-13-4-3-11(15)9-12(13)17-14(19)10-18-7-2-5-16-6-8-18/h3-4,9,16H,2,5-8,10H2,1H3,(H,17,19). The highest BCUT2D eigenvalue weighted by atomic mass is 35.5. The summed E-state index contributed by atoms with van der Waals surface area (Å²) in [7, 11) is 1.57. The van der Waals surface area contributed by atoms with Gasteiger partial charge in [-0.1, -0.05) is 11.6 Å². The van der Waals surface area contributed by atoms with Gasteiger partial charge < -0.3 is 15.4 Å². The molecule has 0 aliphatic carbocycles. The summed E-state index contributed by atoms with van der Waals surface area (Å²) in [6.07, 6.45) is 1.06. The van der Waals surface area contributed by atoms with Crippen molar-refractivity contribution in [2.75, 3.05) is 45.2 Å². The summed E-state index contributed by atoms with van der Waals surface area (Å²) < 4.78 is 5.21. The fourth-order valence-electron chi connectivity index (χ4n) is 2.23. The van der Waals surface area contributed by atoms with Crippen molar-refractivity contribution >= 4 is 23.2 Å². The molecule has 0 unspecified atom stereocenters. The smallest absolute Gasteiger partial charge is 0.238 e. The van der Waals surface area contributed by atoms with E-state index in [1.165, 1.54) is 0 Å². The number of anilines is 1. The SMILES string of the molecule is COc1ccc(Cl)cc1NC(=O)CN1CCCNCC1. The molecule has 5 nitrogen and oxygen atoms in total. The first-order chi connectivity index (χ1) is 9.69. The van der Waals surface area contributed by atoms with Crippen molar-refractivity contribution in [3.8, 4) is 5.75 Å². The molecule has 1 aliphatic rings. The van der Waals surface area contributed by atoms with Crippen molar-refractivity contribution in [2.45, 2.75) is 6.42 Å². The second-order valence-electron chi connectivity index (χ2n) is 4.77. The van der Waals surface area contributed by atoms with Gasteiger partial charge in [0.25, 0.3) is 0 Å². The Morgan fingerprint density at radius 1 is 1.45 bits per heavy atom. The minimum Gasteiger partial charge on any atom is -0.495 e. The molecule has 0 spiro atoms. The molecule has 1 amide bonds. The Kier molecular flexibility index (Phi) is 5.64. The molecule has 1 aromatic rings. The lowest BCUT2D eigenvalue weighted by atomic mass is 10.3. The number of carbonyl (C=O) groups is 1. The lowest BCUT2D eigenvalue weighted by Crippen LogP contribution is -2.35. The van der Waals surface area contributed by atoms with Gasteiger partial charge in [0.15, 0.2) is 0 Å². The lowest BCUT2D eigenvalue weighted by Gasteiger charge is -2.19.